The average Bonchev–Trinajstić information content (AvgIpc) is 2.83. The third kappa shape index (κ3) is 1.96. The summed E-state index contributed by atoms with van der Waals surface area (Å²) in [5.41, 5.74) is 7.52. The minimum atomic E-state index is -0.106. The van der Waals surface area contributed by atoms with Gasteiger partial charge < -0.3 is 5.73 Å². The number of benzene rings is 1. The van der Waals surface area contributed by atoms with Gasteiger partial charge in [-0.25, -0.2) is 0 Å². The van der Waals surface area contributed by atoms with E-state index in [9.17, 15) is 0 Å². The minimum absolute atomic E-state index is 0.106. The monoisotopic (exact) mass is 318 g/mol. The fourth-order valence-electron chi connectivity index (χ4n) is 2.09. The molecule has 1 atom stereocenters. The third-order valence-electron chi connectivity index (χ3n) is 2.98. The highest BCUT2D eigenvalue weighted by Gasteiger charge is 2.15. The van der Waals surface area contributed by atoms with Crippen molar-refractivity contribution in [3.05, 3.63) is 63.0 Å². The molecular weight excluding hydrogens is 308 g/mol. The molecule has 0 saturated heterocycles. The molecule has 3 rings (SSSR count). The highest BCUT2D eigenvalue weighted by molar-refractivity contribution is 9.10. The molecule has 0 amide bonds. The van der Waals surface area contributed by atoms with Crippen LogP contribution in [0.25, 0.3) is 10.8 Å². The molecule has 90 valence electrons. The summed E-state index contributed by atoms with van der Waals surface area (Å²) in [7, 11) is 0. The SMILES string of the molecule is NC(c1sccc1Br)c1cccc2cnccc12. The minimum Gasteiger partial charge on any atom is -0.320 e. The lowest BCUT2D eigenvalue weighted by Gasteiger charge is -2.13. The van der Waals surface area contributed by atoms with E-state index in [0.717, 1.165) is 20.3 Å². The van der Waals surface area contributed by atoms with Gasteiger partial charge in [0.2, 0.25) is 0 Å². The Bertz CT molecular complexity index is 688. The molecule has 0 spiro atoms. The molecule has 3 aromatic rings. The van der Waals surface area contributed by atoms with Gasteiger partial charge in [-0.1, -0.05) is 18.2 Å². The standard InChI is InChI=1S/C14H11BrN2S/c15-12-5-7-18-14(12)13(16)11-3-1-2-9-8-17-6-4-10(9)11/h1-8,13H,16H2. The van der Waals surface area contributed by atoms with Gasteiger partial charge in [-0.3, -0.25) is 4.98 Å². The zero-order valence-electron chi connectivity index (χ0n) is 9.51. The number of rotatable bonds is 2. The average molecular weight is 319 g/mol. The molecule has 0 bridgehead atoms. The van der Waals surface area contributed by atoms with Gasteiger partial charge in [-0.2, -0.15) is 0 Å². The fourth-order valence-corrected chi connectivity index (χ4v) is 3.73. The van der Waals surface area contributed by atoms with Gasteiger partial charge in [0, 0.05) is 27.1 Å². The molecule has 0 fully saturated rings. The number of hydrogen-bond acceptors (Lipinski definition) is 3. The molecule has 2 aromatic heterocycles. The number of nitrogens with two attached hydrogens (primary N) is 1. The number of fused-ring (bicyclic) bond motifs is 1. The smallest absolute Gasteiger partial charge is 0.0663 e. The van der Waals surface area contributed by atoms with Crippen LogP contribution in [0, 0.1) is 0 Å². The first kappa shape index (κ1) is 11.8. The summed E-state index contributed by atoms with van der Waals surface area (Å²) in [6.45, 7) is 0. The lowest BCUT2D eigenvalue weighted by atomic mass is 10.00. The van der Waals surface area contributed by atoms with Crippen LogP contribution < -0.4 is 5.73 Å². The number of thiophene rings is 1. The Labute approximate surface area is 118 Å². The van der Waals surface area contributed by atoms with Crippen molar-refractivity contribution in [2.24, 2.45) is 5.73 Å². The Balaban J connectivity index is 2.18. The third-order valence-corrected chi connectivity index (χ3v) is 4.93. The molecule has 0 saturated carbocycles. The van der Waals surface area contributed by atoms with Gasteiger partial charge in [0.25, 0.3) is 0 Å². The first-order chi connectivity index (χ1) is 8.77. The van der Waals surface area contributed by atoms with Gasteiger partial charge >= 0.3 is 0 Å². The van der Waals surface area contributed by atoms with Gasteiger partial charge in [0.05, 0.1) is 6.04 Å². The second-order valence-electron chi connectivity index (χ2n) is 4.05. The van der Waals surface area contributed by atoms with Gasteiger partial charge in [-0.15, -0.1) is 11.3 Å². The first-order valence-electron chi connectivity index (χ1n) is 5.58. The highest BCUT2D eigenvalue weighted by Crippen LogP contribution is 2.34. The Morgan fingerprint density at radius 1 is 1.22 bits per heavy atom. The second kappa shape index (κ2) is 4.80. The molecule has 2 nitrogen and oxygen atoms in total. The summed E-state index contributed by atoms with van der Waals surface area (Å²) in [4.78, 5) is 5.30. The van der Waals surface area contributed by atoms with E-state index in [1.54, 1.807) is 11.3 Å². The van der Waals surface area contributed by atoms with Crippen molar-refractivity contribution in [3.63, 3.8) is 0 Å². The van der Waals surface area contributed by atoms with Crippen molar-refractivity contribution in [1.82, 2.24) is 4.98 Å². The summed E-state index contributed by atoms with van der Waals surface area (Å²) in [6, 6.07) is 10.1. The van der Waals surface area contributed by atoms with Crippen molar-refractivity contribution in [1.29, 1.82) is 0 Å². The van der Waals surface area contributed by atoms with E-state index in [4.69, 9.17) is 5.73 Å². The first-order valence-corrected chi connectivity index (χ1v) is 7.26. The summed E-state index contributed by atoms with van der Waals surface area (Å²) < 4.78 is 1.08. The zero-order chi connectivity index (χ0) is 12.5. The number of aromatic nitrogens is 1. The molecule has 0 aliphatic rings. The van der Waals surface area contributed by atoms with E-state index in [-0.39, 0.29) is 6.04 Å². The fraction of sp³-hybridized carbons (Fsp3) is 0.0714. The molecule has 1 unspecified atom stereocenters. The number of nitrogens with zero attached hydrogens (tertiary/aromatic N) is 1. The lowest BCUT2D eigenvalue weighted by molar-refractivity contribution is 0.898. The van der Waals surface area contributed by atoms with Crippen LogP contribution in [0.5, 0.6) is 0 Å². The van der Waals surface area contributed by atoms with E-state index in [1.807, 2.05) is 36.0 Å². The second-order valence-corrected chi connectivity index (χ2v) is 5.86. The van der Waals surface area contributed by atoms with Crippen molar-refractivity contribution < 1.29 is 0 Å². The van der Waals surface area contributed by atoms with E-state index >= 15 is 0 Å². The van der Waals surface area contributed by atoms with Crippen LogP contribution in [0.1, 0.15) is 16.5 Å². The number of hydrogen-bond donors (Lipinski definition) is 1. The Hall–Kier alpha value is -1.23. The predicted octanol–water partition coefficient (Wildman–Crippen LogP) is 4.11. The largest absolute Gasteiger partial charge is 0.320 e. The van der Waals surface area contributed by atoms with E-state index in [2.05, 4.69) is 33.0 Å². The molecule has 0 aliphatic heterocycles. The van der Waals surface area contributed by atoms with E-state index in [1.165, 1.54) is 5.39 Å². The Kier molecular flexibility index (Phi) is 3.16. The normalized spacial score (nSPS) is 12.8. The van der Waals surface area contributed by atoms with E-state index in [0.29, 0.717) is 0 Å². The quantitative estimate of drug-likeness (QED) is 0.772. The number of halogens is 1. The molecule has 18 heavy (non-hydrogen) atoms. The van der Waals surface area contributed by atoms with Crippen LogP contribution in [0.15, 0.2) is 52.6 Å². The maximum atomic E-state index is 6.39. The van der Waals surface area contributed by atoms with Gasteiger partial charge in [-0.05, 0) is 44.4 Å². The molecule has 4 heteroatoms. The Morgan fingerprint density at radius 3 is 2.89 bits per heavy atom. The van der Waals surface area contributed by atoms with Gasteiger partial charge in [0.1, 0.15) is 0 Å². The zero-order valence-corrected chi connectivity index (χ0v) is 11.9. The van der Waals surface area contributed by atoms with Crippen LogP contribution in [0.2, 0.25) is 0 Å². The van der Waals surface area contributed by atoms with Crippen molar-refractivity contribution in [3.8, 4) is 0 Å². The topological polar surface area (TPSA) is 38.9 Å². The van der Waals surface area contributed by atoms with Crippen LogP contribution in [0.4, 0.5) is 0 Å². The van der Waals surface area contributed by atoms with Crippen LogP contribution in [0.3, 0.4) is 0 Å². The maximum Gasteiger partial charge on any atom is 0.0663 e. The molecule has 0 radical (unpaired) electrons. The van der Waals surface area contributed by atoms with Crippen molar-refractivity contribution in [2.45, 2.75) is 6.04 Å². The predicted molar refractivity (Wildman–Crippen MR) is 79.8 cm³/mol. The summed E-state index contributed by atoms with van der Waals surface area (Å²) in [6.07, 6.45) is 3.68. The molecule has 1 aromatic carbocycles. The van der Waals surface area contributed by atoms with Crippen LogP contribution >= 0.6 is 27.3 Å². The molecule has 0 aliphatic carbocycles. The van der Waals surface area contributed by atoms with Crippen molar-refractivity contribution in [2.75, 3.05) is 0 Å². The molecule has 2 heterocycles. The van der Waals surface area contributed by atoms with Crippen LogP contribution in [-0.4, -0.2) is 4.98 Å². The van der Waals surface area contributed by atoms with Crippen LogP contribution in [-0.2, 0) is 0 Å². The number of pyridine rings is 1. The Morgan fingerprint density at radius 2 is 2.11 bits per heavy atom. The molecular formula is C14H11BrN2S. The summed E-state index contributed by atoms with van der Waals surface area (Å²) in [5, 5.41) is 4.34. The van der Waals surface area contributed by atoms with Crippen molar-refractivity contribution >= 4 is 38.0 Å². The lowest BCUT2D eigenvalue weighted by Crippen LogP contribution is -2.11. The summed E-state index contributed by atoms with van der Waals surface area (Å²) in [5.74, 6) is 0. The van der Waals surface area contributed by atoms with E-state index < -0.39 is 0 Å². The molecule has 2 N–H and O–H groups in total. The van der Waals surface area contributed by atoms with Gasteiger partial charge in [0.15, 0.2) is 0 Å². The highest BCUT2D eigenvalue weighted by atomic mass is 79.9. The maximum absolute atomic E-state index is 6.39. The summed E-state index contributed by atoms with van der Waals surface area (Å²) >= 11 is 5.22.